The fourth-order valence-electron chi connectivity index (χ4n) is 3.73. The first-order valence-corrected chi connectivity index (χ1v) is 9.16. The van der Waals surface area contributed by atoms with Crippen LogP contribution in [0.4, 0.5) is 0 Å². The van der Waals surface area contributed by atoms with Gasteiger partial charge in [-0.3, -0.25) is 9.48 Å². The molecule has 4 rings (SSSR count). The van der Waals surface area contributed by atoms with Crippen LogP contribution in [0.5, 0.6) is 0 Å². The molecule has 1 aromatic heterocycles. The van der Waals surface area contributed by atoms with Gasteiger partial charge in [-0.05, 0) is 48.7 Å². The predicted octanol–water partition coefficient (Wildman–Crippen LogP) is 3.24. The molecule has 1 N–H and O–H groups in total. The van der Waals surface area contributed by atoms with Crippen molar-refractivity contribution in [3.05, 3.63) is 88.2 Å². The minimum Gasteiger partial charge on any atom is -0.387 e. The zero-order valence-electron chi connectivity index (χ0n) is 15.6. The van der Waals surface area contributed by atoms with E-state index in [4.69, 9.17) is 0 Å². The van der Waals surface area contributed by atoms with Crippen molar-refractivity contribution in [2.75, 3.05) is 6.54 Å². The number of carbonyl (C=O) groups is 1. The second-order valence-corrected chi connectivity index (χ2v) is 7.19. The maximum absolute atomic E-state index is 13.0. The number of aryl methyl sites for hydroxylation is 2. The normalized spacial score (nSPS) is 16.3. The second-order valence-electron chi connectivity index (χ2n) is 7.19. The lowest BCUT2D eigenvalue weighted by atomic mass is 9.97. The number of rotatable bonds is 3. The van der Waals surface area contributed by atoms with E-state index in [1.807, 2.05) is 73.1 Å². The van der Waals surface area contributed by atoms with Crippen molar-refractivity contribution in [2.24, 2.45) is 0 Å². The van der Waals surface area contributed by atoms with Gasteiger partial charge in [-0.1, -0.05) is 36.4 Å². The maximum Gasteiger partial charge on any atom is 0.254 e. The lowest BCUT2D eigenvalue weighted by Gasteiger charge is -2.32. The van der Waals surface area contributed by atoms with Crippen molar-refractivity contribution in [1.82, 2.24) is 14.7 Å². The van der Waals surface area contributed by atoms with Gasteiger partial charge in [-0.15, -0.1) is 0 Å². The molecule has 5 nitrogen and oxygen atoms in total. The summed E-state index contributed by atoms with van der Waals surface area (Å²) in [4.78, 5) is 14.7. The third-order valence-electron chi connectivity index (χ3n) is 5.07. The topological polar surface area (TPSA) is 58.4 Å². The molecule has 0 spiro atoms. The van der Waals surface area contributed by atoms with Crippen LogP contribution in [-0.2, 0) is 13.1 Å². The van der Waals surface area contributed by atoms with Gasteiger partial charge in [-0.25, -0.2) is 0 Å². The number of aliphatic hydroxyl groups excluding tert-OH is 1. The van der Waals surface area contributed by atoms with Gasteiger partial charge in [0.15, 0.2) is 0 Å². The Morgan fingerprint density at radius 2 is 1.96 bits per heavy atom. The van der Waals surface area contributed by atoms with Gasteiger partial charge in [0.1, 0.15) is 0 Å². The van der Waals surface area contributed by atoms with Crippen LogP contribution in [0.15, 0.2) is 54.6 Å². The van der Waals surface area contributed by atoms with Crippen molar-refractivity contribution >= 4 is 5.91 Å². The molecule has 0 aliphatic carbocycles. The number of benzene rings is 2. The van der Waals surface area contributed by atoms with Crippen LogP contribution in [0.25, 0.3) is 0 Å². The minimum absolute atomic E-state index is 0.0567. The number of hydrogen-bond donors (Lipinski definition) is 1. The summed E-state index contributed by atoms with van der Waals surface area (Å²) in [5.74, 6) is -0.0567. The first-order chi connectivity index (χ1) is 13.0. The van der Waals surface area contributed by atoms with Crippen LogP contribution in [0.1, 0.15) is 44.5 Å². The molecule has 1 amide bonds. The third kappa shape index (κ3) is 3.51. The average molecular weight is 361 g/mol. The van der Waals surface area contributed by atoms with Crippen LogP contribution < -0.4 is 0 Å². The maximum atomic E-state index is 13.0. The van der Waals surface area contributed by atoms with E-state index in [1.54, 1.807) is 4.90 Å². The fraction of sp³-hybridized carbons (Fsp3) is 0.273. The number of β-amino-alcohol motifs (C(OH)–C–C–N with tert-alkyl or cyclic N) is 1. The molecule has 2 heterocycles. The Balaban J connectivity index is 1.55. The molecule has 1 atom stereocenters. The van der Waals surface area contributed by atoms with Crippen LogP contribution >= 0.6 is 0 Å². The van der Waals surface area contributed by atoms with Gasteiger partial charge in [0.2, 0.25) is 0 Å². The summed E-state index contributed by atoms with van der Waals surface area (Å²) in [7, 11) is 0. The monoisotopic (exact) mass is 361 g/mol. The third-order valence-corrected chi connectivity index (χ3v) is 5.07. The Hall–Kier alpha value is -2.92. The van der Waals surface area contributed by atoms with E-state index in [0.29, 0.717) is 25.2 Å². The van der Waals surface area contributed by atoms with E-state index in [-0.39, 0.29) is 5.91 Å². The van der Waals surface area contributed by atoms with Gasteiger partial charge >= 0.3 is 0 Å². The number of hydrogen-bond acceptors (Lipinski definition) is 3. The molecular weight excluding hydrogens is 338 g/mol. The van der Waals surface area contributed by atoms with Crippen molar-refractivity contribution in [3.8, 4) is 0 Å². The summed E-state index contributed by atoms with van der Waals surface area (Å²) in [5, 5.41) is 14.9. The first kappa shape index (κ1) is 17.5. The van der Waals surface area contributed by atoms with Gasteiger partial charge in [0, 0.05) is 17.8 Å². The molecule has 0 saturated carbocycles. The Kier molecular flexibility index (Phi) is 4.54. The number of aromatic nitrogens is 2. The molecule has 138 valence electrons. The number of nitrogens with zero attached hydrogens (tertiary/aromatic N) is 3. The van der Waals surface area contributed by atoms with E-state index in [0.717, 1.165) is 28.1 Å². The Bertz CT molecular complexity index is 993. The number of carbonyl (C=O) groups excluding carboxylic acids is 1. The molecule has 0 radical (unpaired) electrons. The van der Waals surface area contributed by atoms with E-state index >= 15 is 0 Å². The van der Waals surface area contributed by atoms with Gasteiger partial charge in [0.25, 0.3) is 5.91 Å². The summed E-state index contributed by atoms with van der Waals surface area (Å²) in [6.07, 6.45) is -0.642. The minimum atomic E-state index is -0.642. The average Bonchev–Trinajstić information content (AvgIpc) is 2.98. The van der Waals surface area contributed by atoms with Gasteiger partial charge < -0.3 is 10.0 Å². The summed E-state index contributed by atoms with van der Waals surface area (Å²) >= 11 is 0. The molecule has 3 aromatic rings. The molecule has 0 fully saturated rings. The zero-order chi connectivity index (χ0) is 19.0. The lowest BCUT2D eigenvalue weighted by molar-refractivity contribution is 0.0550. The molecule has 5 heteroatoms. The molecule has 1 aliphatic heterocycles. The largest absolute Gasteiger partial charge is 0.387 e. The quantitative estimate of drug-likeness (QED) is 0.779. The standard InChI is InChI=1S/C22H23N3O2/c1-15-10-16(2)25(23-15)12-17-6-5-8-18(11-17)22(27)24-13-19-7-3-4-9-20(19)21(26)14-24/h3-11,21,26H,12-14H2,1-2H3. The van der Waals surface area contributed by atoms with Crippen LogP contribution in [-0.4, -0.2) is 32.2 Å². The highest BCUT2D eigenvalue weighted by Gasteiger charge is 2.27. The zero-order valence-corrected chi connectivity index (χ0v) is 15.6. The highest BCUT2D eigenvalue weighted by Crippen LogP contribution is 2.27. The molecule has 1 unspecified atom stereocenters. The smallest absolute Gasteiger partial charge is 0.254 e. The molecule has 0 bridgehead atoms. The number of amides is 1. The van der Waals surface area contributed by atoms with Crippen LogP contribution in [0, 0.1) is 13.8 Å². The van der Waals surface area contributed by atoms with Gasteiger partial charge in [-0.2, -0.15) is 5.10 Å². The van der Waals surface area contributed by atoms with E-state index in [2.05, 4.69) is 5.10 Å². The van der Waals surface area contributed by atoms with Crippen molar-refractivity contribution in [1.29, 1.82) is 0 Å². The molecular formula is C22H23N3O2. The molecule has 1 aliphatic rings. The summed E-state index contributed by atoms with van der Waals surface area (Å²) in [6.45, 7) is 5.47. The summed E-state index contributed by atoms with van der Waals surface area (Å²) < 4.78 is 1.94. The highest BCUT2D eigenvalue weighted by molar-refractivity contribution is 5.94. The number of aliphatic hydroxyl groups is 1. The fourth-order valence-corrected chi connectivity index (χ4v) is 3.73. The van der Waals surface area contributed by atoms with Crippen molar-refractivity contribution < 1.29 is 9.90 Å². The first-order valence-electron chi connectivity index (χ1n) is 9.16. The molecule has 27 heavy (non-hydrogen) atoms. The van der Waals surface area contributed by atoms with E-state index in [1.165, 1.54) is 0 Å². The van der Waals surface area contributed by atoms with E-state index < -0.39 is 6.10 Å². The Morgan fingerprint density at radius 3 is 2.74 bits per heavy atom. The van der Waals surface area contributed by atoms with Crippen LogP contribution in [0.3, 0.4) is 0 Å². The summed E-state index contributed by atoms with van der Waals surface area (Å²) in [5.41, 5.74) is 5.68. The lowest BCUT2D eigenvalue weighted by Crippen LogP contribution is -2.38. The number of fused-ring (bicyclic) bond motifs is 1. The van der Waals surface area contributed by atoms with Crippen molar-refractivity contribution in [3.63, 3.8) is 0 Å². The molecule has 2 aromatic carbocycles. The van der Waals surface area contributed by atoms with Crippen LogP contribution in [0.2, 0.25) is 0 Å². The summed E-state index contributed by atoms with van der Waals surface area (Å²) in [6, 6.07) is 17.5. The van der Waals surface area contributed by atoms with E-state index in [9.17, 15) is 9.90 Å². The second kappa shape index (κ2) is 7.00. The highest BCUT2D eigenvalue weighted by atomic mass is 16.3. The predicted molar refractivity (Wildman–Crippen MR) is 103 cm³/mol. The van der Waals surface area contributed by atoms with Crippen molar-refractivity contribution in [2.45, 2.75) is 33.0 Å². The Morgan fingerprint density at radius 1 is 1.15 bits per heavy atom. The Labute approximate surface area is 158 Å². The SMILES string of the molecule is Cc1cc(C)n(Cc2cccc(C(=O)N3Cc4ccccc4C(O)C3)c2)n1. The molecule has 0 saturated heterocycles. The van der Waals surface area contributed by atoms with Gasteiger partial charge in [0.05, 0.1) is 24.9 Å².